The van der Waals surface area contributed by atoms with Crippen molar-refractivity contribution in [1.82, 2.24) is 5.32 Å². The van der Waals surface area contributed by atoms with Gasteiger partial charge in [0.25, 0.3) is 0 Å². The van der Waals surface area contributed by atoms with Crippen LogP contribution in [-0.2, 0) is 17.8 Å². The van der Waals surface area contributed by atoms with Crippen molar-refractivity contribution in [2.75, 3.05) is 6.54 Å². The van der Waals surface area contributed by atoms with Crippen LogP contribution in [0.4, 0.5) is 0 Å². The van der Waals surface area contributed by atoms with E-state index in [4.69, 9.17) is 4.74 Å². The van der Waals surface area contributed by atoms with Gasteiger partial charge in [-0.2, -0.15) is 0 Å². The SMILES string of the molecule is CC(=O)NCCc1ccc(C)c(OCc2ccccc2)c1. The fourth-order valence-electron chi connectivity index (χ4n) is 2.07. The van der Waals surface area contributed by atoms with Gasteiger partial charge in [0.15, 0.2) is 0 Å². The lowest BCUT2D eigenvalue weighted by Gasteiger charge is -2.11. The maximum atomic E-state index is 10.9. The Morgan fingerprint density at radius 2 is 1.86 bits per heavy atom. The first-order chi connectivity index (χ1) is 10.1. The van der Waals surface area contributed by atoms with E-state index in [0.717, 1.165) is 28.9 Å². The van der Waals surface area contributed by atoms with Crippen LogP contribution < -0.4 is 10.1 Å². The molecule has 0 fully saturated rings. The van der Waals surface area contributed by atoms with Gasteiger partial charge in [-0.1, -0.05) is 42.5 Å². The summed E-state index contributed by atoms with van der Waals surface area (Å²) in [6, 6.07) is 16.3. The Labute approximate surface area is 126 Å². The zero-order valence-electron chi connectivity index (χ0n) is 12.6. The van der Waals surface area contributed by atoms with Crippen molar-refractivity contribution in [3.8, 4) is 5.75 Å². The Morgan fingerprint density at radius 1 is 1.10 bits per heavy atom. The Kier molecular flexibility index (Phi) is 5.38. The Balaban J connectivity index is 1.96. The van der Waals surface area contributed by atoms with Gasteiger partial charge in [0.1, 0.15) is 12.4 Å². The normalized spacial score (nSPS) is 10.2. The molecule has 0 aliphatic carbocycles. The monoisotopic (exact) mass is 283 g/mol. The van der Waals surface area contributed by atoms with Crippen molar-refractivity contribution in [3.63, 3.8) is 0 Å². The molecule has 21 heavy (non-hydrogen) atoms. The molecule has 2 aromatic carbocycles. The molecule has 3 heteroatoms. The first-order valence-electron chi connectivity index (χ1n) is 7.16. The molecular weight excluding hydrogens is 262 g/mol. The molecule has 0 unspecified atom stereocenters. The van der Waals surface area contributed by atoms with Gasteiger partial charge in [0.05, 0.1) is 0 Å². The summed E-state index contributed by atoms with van der Waals surface area (Å²) in [5, 5.41) is 2.81. The van der Waals surface area contributed by atoms with Crippen molar-refractivity contribution in [2.24, 2.45) is 0 Å². The first kappa shape index (κ1) is 15.1. The minimum Gasteiger partial charge on any atom is -0.489 e. The van der Waals surface area contributed by atoms with Crippen LogP contribution >= 0.6 is 0 Å². The van der Waals surface area contributed by atoms with Crippen molar-refractivity contribution in [2.45, 2.75) is 26.9 Å². The van der Waals surface area contributed by atoms with Gasteiger partial charge in [-0.05, 0) is 36.1 Å². The van der Waals surface area contributed by atoms with Gasteiger partial charge in [0.2, 0.25) is 5.91 Å². The molecule has 0 aliphatic rings. The lowest BCUT2D eigenvalue weighted by atomic mass is 10.1. The fourth-order valence-corrected chi connectivity index (χ4v) is 2.07. The van der Waals surface area contributed by atoms with Crippen LogP contribution in [0.1, 0.15) is 23.6 Å². The lowest BCUT2D eigenvalue weighted by Crippen LogP contribution is -2.22. The number of hydrogen-bond donors (Lipinski definition) is 1. The summed E-state index contributed by atoms with van der Waals surface area (Å²) in [5.41, 5.74) is 3.44. The average molecular weight is 283 g/mol. The van der Waals surface area contributed by atoms with E-state index in [-0.39, 0.29) is 5.91 Å². The Morgan fingerprint density at radius 3 is 2.57 bits per heavy atom. The van der Waals surface area contributed by atoms with Crippen molar-refractivity contribution in [3.05, 3.63) is 65.2 Å². The molecule has 0 radical (unpaired) electrons. The summed E-state index contributed by atoms with van der Waals surface area (Å²) in [6.45, 7) is 4.79. The molecule has 110 valence electrons. The second kappa shape index (κ2) is 7.48. The zero-order valence-corrected chi connectivity index (χ0v) is 12.6. The average Bonchev–Trinajstić information content (AvgIpc) is 2.48. The third-order valence-electron chi connectivity index (χ3n) is 3.28. The molecule has 0 saturated heterocycles. The minimum atomic E-state index is 0.00247. The van der Waals surface area contributed by atoms with E-state index >= 15 is 0 Å². The van der Waals surface area contributed by atoms with E-state index in [2.05, 4.69) is 35.6 Å². The predicted molar refractivity (Wildman–Crippen MR) is 84.3 cm³/mol. The van der Waals surface area contributed by atoms with Gasteiger partial charge in [-0.25, -0.2) is 0 Å². The Hall–Kier alpha value is -2.29. The highest BCUT2D eigenvalue weighted by Crippen LogP contribution is 2.21. The fraction of sp³-hybridized carbons (Fsp3) is 0.278. The van der Waals surface area contributed by atoms with Crippen molar-refractivity contribution < 1.29 is 9.53 Å². The number of benzene rings is 2. The van der Waals surface area contributed by atoms with Gasteiger partial charge >= 0.3 is 0 Å². The number of carbonyl (C=O) groups excluding carboxylic acids is 1. The lowest BCUT2D eigenvalue weighted by molar-refractivity contribution is -0.118. The molecule has 0 saturated carbocycles. The molecule has 0 atom stereocenters. The summed E-state index contributed by atoms with van der Waals surface area (Å²) in [6.07, 6.45) is 0.807. The van der Waals surface area contributed by atoms with E-state index in [1.165, 1.54) is 6.92 Å². The second-order valence-corrected chi connectivity index (χ2v) is 5.11. The van der Waals surface area contributed by atoms with E-state index in [1.54, 1.807) is 0 Å². The zero-order chi connectivity index (χ0) is 15.1. The molecule has 1 amide bonds. The maximum Gasteiger partial charge on any atom is 0.216 e. The minimum absolute atomic E-state index is 0.00247. The third-order valence-corrected chi connectivity index (χ3v) is 3.28. The van der Waals surface area contributed by atoms with Crippen molar-refractivity contribution in [1.29, 1.82) is 0 Å². The predicted octanol–water partition coefficient (Wildman–Crippen LogP) is 3.25. The van der Waals surface area contributed by atoms with Crippen LogP contribution in [-0.4, -0.2) is 12.5 Å². The number of carbonyl (C=O) groups is 1. The molecular formula is C18H21NO2. The third kappa shape index (κ3) is 4.95. The molecule has 0 heterocycles. The van der Waals surface area contributed by atoms with Gasteiger partial charge in [-0.3, -0.25) is 4.79 Å². The van der Waals surface area contributed by atoms with Crippen LogP contribution in [0.25, 0.3) is 0 Å². The molecule has 1 N–H and O–H groups in total. The van der Waals surface area contributed by atoms with E-state index in [9.17, 15) is 4.79 Å². The highest BCUT2D eigenvalue weighted by atomic mass is 16.5. The molecule has 0 spiro atoms. The molecule has 3 nitrogen and oxygen atoms in total. The van der Waals surface area contributed by atoms with Crippen LogP contribution in [0.15, 0.2) is 48.5 Å². The van der Waals surface area contributed by atoms with Crippen LogP contribution in [0.2, 0.25) is 0 Å². The van der Waals surface area contributed by atoms with E-state index in [1.807, 2.05) is 25.1 Å². The quantitative estimate of drug-likeness (QED) is 0.883. The topological polar surface area (TPSA) is 38.3 Å². The van der Waals surface area contributed by atoms with Gasteiger partial charge < -0.3 is 10.1 Å². The largest absolute Gasteiger partial charge is 0.489 e. The number of amides is 1. The number of rotatable bonds is 6. The van der Waals surface area contributed by atoms with E-state index < -0.39 is 0 Å². The maximum absolute atomic E-state index is 10.9. The van der Waals surface area contributed by atoms with Crippen LogP contribution in [0, 0.1) is 6.92 Å². The summed E-state index contributed by atoms with van der Waals surface area (Å²) in [4.78, 5) is 10.9. The van der Waals surface area contributed by atoms with E-state index in [0.29, 0.717) is 13.2 Å². The van der Waals surface area contributed by atoms with Gasteiger partial charge in [0, 0.05) is 13.5 Å². The van der Waals surface area contributed by atoms with Gasteiger partial charge in [-0.15, -0.1) is 0 Å². The summed E-state index contributed by atoms with van der Waals surface area (Å²) < 4.78 is 5.90. The smallest absolute Gasteiger partial charge is 0.216 e. The molecule has 0 aromatic heterocycles. The number of hydrogen-bond acceptors (Lipinski definition) is 2. The standard InChI is InChI=1S/C18H21NO2/c1-14-8-9-16(10-11-19-15(2)20)12-18(14)21-13-17-6-4-3-5-7-17/h3-9,12H,10-11,13H2,1-2H3,(H,19,20). The number of ether oxygens (including phenoxy) is 1. The molecule has 2 rings (SSSR count). The van der Waals surface area contributed by atoms with Crippen molar-refractivity contribution >= 4 is 5.91 Å². The number of nitrogens with one attached hydrogen (secondary N) is 1. The van der Waals surface area contributed by atoms with Crippen LogP contribution in [0.5, 0.6) is 5.75 Å². The highest BCUT2D eigenvalue weighted by Gasteiger charge is 2.03. The molecule has 2 aromatic rings. The summed E-state index contributed by atoms with van der Waals surface area (Å²) in [7, 11) is 0. The summed E-state index contributed by atoms with van der Waals surface area (Å²) in [5.74, 6) is 0.904. The summed E-state index contributed by atoms with van der Waals surface area (Å²) >= 11 is 0. The highest BCUT2D eigenvalue weighted by molar-refractivity contribution is 5.72. The number of aryl methyl sites for hydroxylation is 1. The molecule has 0 bridgehead atoms. The van der Waals surface area contributed by atoms with Crippen LogP contribution in [0.3, 0.4) is 0 Å². The molecule has 0 aliphatic heterocycles. The first-order valence-corrected chi connectivity index (χ1v) is 7.16. The Bertz CT molecular complexity index is 593. The second-order valence-electron chi connectivity index (χ2n) is 5.11.